The highest BCUT2D eigenvalue weighted by Gasteiger charge is 2.27. The van der Waals surface area contributed by atoms with E-state index in [0.29, 0.717) is 23.9 Å². The lowest BCUT2D eigenvalue weighted by molar-refractivity contribution is -0.870. The summed E-state index contributed by atoms with van der Waals surface area (Å²) in [4.78, 5) is 35.6. The van der Waals surface area contributed by atoms with Gasteiger partial charge < -0.3 is 18.9 Å². The van der Waals surface area contributed by atoms with Crippen molar-refractivity contribution in [1.82, 2.24) is 0 Å². The van der Waals surface area contributed by atoms with E-state index in [-0.39, 0.29) is 25.6 Å². The first kappa shape index (κ1) is 64.5. The van der Waals surface area contributed by atoms with Crippen LogP contribution in [0.15, 0.2) is 24.3 Å². The van der Waals surface area contributed by atoms with Gasteiger partial charge in [0.05, 0.1) is 27.7 Å². The van der Waals surface area contributed by atoms with Gasteiger partial charge in [-0.3, -0.25) is 18.6 Å². The third-order valence-electron chi connectivity index (χ3n) is 12.5. The first-order valence-electron chi connectivity index (χ1n) is 28.1. The fourth-order valence-corrected chi connectivity index (χ4v) is 8.83. The van der Waals surface area contributed by atoms with Crippen molar-refractivity contribution in [2.45, 2.75) is 277 Å². The van der Waals surface area contributed by atoms with Crippen LogP contribution in [-0.4, -0.2) is 74.9 Å². The van der Waals surface area contributed by atoms with Crippen LogP contribution >= 0.6 is 7.82 Å². The van der Waals surface area contributed by atoms with Gasteiger partial charge in [0, 0.05) is 12.8 Å². The summed E-state index contributed by atoms with van der Waals surface area (Å²) in [7, 11) is 1.48. The second-order valence-corrected chi connectivity index (χ2v) is 21.8. The van der Waals surface area contributed by atoms with Crippen LogP contribution < -0.4 is 0 Å². The minimum absolute atomic E-state index is 0.0309. The number of phosphoric ester groups is 1. The normalized spacial score (nSPS) is 13.5. The highest BCUT2D eigenvalue weighted by Crippen LogP contribution is 2.43. The molecule has 390 valence electrons. The van der Waals surface area contributed by atoms with E-state index in [9.17, 15) is 19.0 Å². The molecule has 0 radical (unpaired) electrons. The molecule has 0 spiro atoms. The Labute approximate surface area is 409 Å². The fourth-order valence-electron chi connectivity index (χ4n) is 8.09. The maximum absolute atomic E-state index is 12.7. The standard InChI is InChI=1S/C56H108NO8P/c1-6-8-10-12-14-16-18-20-22-23-24-25-26-27-28-29-30-31-32-33-34-35-37-38-40-42-44-46-48-55(58)62-52-54(53-64-66(60,61)63-51-50-57(3,4)5)65-56(59)49-47-45-43-41-39-36-21-19-17-15-13-11-9-7-2/h13,15,19,21,54H,6-12,14,16-18,20,22-53H2,1-5H3/p+1/b15-13-,21-19-. The Bertz CT molecular complexity index is 1170. The first-order valence-corrected chi connectivity index (χ1v) is 29.6. The lowest BCUT2D eigenvalue weighted by Crippen LogP contribution is -2.37. The number of quaternary nitrogens is 1. The van der Waals surface area contributed by atoms with E-state index in [1.54, 1.807) is 0 Å². The number of rotatable bonds is 52. The zero-order valence-corrected chi connectivity index (χ0v) is 45.1. The molecule has 66 heavy (non-hydrogen) atoms. The van der Waals surface area contributed by atoms with Gasteiger partial charge in [-0.25, -0.2) is 4.57 Å². The molecular formula is C56H109NO8P+. The van der Waals surface area contributed by atoms with Gasteiger partial charge in [0.2, 0.25) is 0 Å². The molecule has 0 aromatic heterocycles. The van der Waals surface area contributed by atoms with Crippen LogP contribution in [0.3, 0.4) is 0 Å². The van der Waals surface area contributed by atoms with Gasteiger partial charge in [0.1, 0.15) is 19.8 Å². The summed E-state index contributed by atoms with van der Waals surface area (Å²) < 4.78 is 34.5. The van der Waals surface area contributed by atoms with Crippen LogP contribution in [0.25, 0.3) is 0 Å². The Morgan fingerprint density at radius 1 is 0.470 bits per heavy atom. The number of hydrogen-bond acceptors (Lipinski definition) is 7. The van der Waals surface area contributed by atoms with E-state index in [0.717, 1.165) is 64.2 Å². The number of carbonyl (C=O) groups excluding carboxylic acids is 2. The largest absolute Gasteiger partial charge is 0.472 e. The summed E-state index contributed by atoms with van der Waals surface area (Å²) >= 11 is 0. The molecule has 0 bridgehead atoms. The predicted octanol–water partition coefficient (Wildman–Crippen LogP) is 17.0. The van der Waals surface area contributed by atoms with E-state index in [1.165, 1.54) is 173 Å². The number of ether oxygens (including phenoxy) is 2. The summed E-state index contributed by atoms with van der Waals surface area (Å²) in [6.07, 6.45) is 56.9. The van der Waals surface area contributed by atoms with Gasteiger partial charge in [-0.1, -0.05) is 244 Å². The maximum Gasteiger partial charge on any atom is 0.472 e. The van der Waals surface area contributed by atoms with Crippen molar-refractivity contribution >= 4 is 19.8 Å². The van der Waals surface area contributed by atoms with Crippen LogP contribution in [-0.2, 0) is 32.7 Å². The molecule has 2 atom stereocenters. The van der Waals surface area contributed by atoms with Gasteiger partial charge in [0.15, 0.2) is 6.10 Å². The van der Waals surface area contributed by atoms with E-state index in [4.69, 9.17) is 18.5 Å². The van der Waals surface area contributed by atoms with Crippen molar-refractivity contribution in [3.05, 3.63) is 24.3 Å². The van der Waals surface area contributed by atoms with E-state index in [1.807, 2.05) is 21.1 Å². The second kappa shape index (κ2) is 48.5. The smallest absolute Gasteiger partial charge is 0.462 e. The summed E-state index contributed by atoms with van der Waals surface area (Å²) in [5, 5.41) is 0. The number of carbonyl (C=O) groups is 2. The SMILES string of the molecule is CCCC/C=C\C/C=C\CCCCCCCC(=O)OC(COC(=O)CCCCCCCCCCCCCCCCCCCCCCCCCCCCCC)COP(=O)(O)OCC[N+](C)(C)C. The number of phosphoric acid groups is 1. The molecule has 0 amide bonds. The highest BCUT2D eigenvalue weighted by molar-refractivity contribution is 7.47. The highest BCUT2D eigenvalue weighted by atomic mass is 31.2. The summed E-state index contributed by atoms with van der Waals surface area (Å²) in [6, 6.07) is 0. The van der Waals surface area contributed by atoms with E-state index >= 15 is 0 Å². The number of unbranched alkanes of at least 4 members (excludes halogenated alkanes) is 34. The number of esters is 2. The van der Waals surface area contributed by atoms with Crippen LogP contribution in [0.2, 0.25) is 0 Å². The van der Waals surface area contributed by atoms with Crippen molar-refractivity contribution in [1.29, 1.82) is 0 Å². The Hall–Kier alpha value is -1.51. The Morgan fingerprint density at radius 2 is 0.833 bits per heavy atom. The van der Waals surface area contributed by atoms with Crippen LogP contribution in [0, 0.1) is 0 Å². The Morgan fingerprint density at radius 3 is 1.24 bits per heavy atom. The number of nitrogens with zero attached hydrogens (tertiary/aromatic N) is 1. The number of hydrogen-bond donors (Lipinski definition) is 1. The van der Waals surface area contributed by atoms with E-state index < -0.39 is 26.5 Å². The number of likely N-dealkylation sites (N-methyl/N-ethyl adjacent to an activating group) is 1. The zero-order valence-electron chi connectivity index (χ0n) is 44.2. The lowest BCUT2D eigenvalue weighted by atomic mass is 10.0. The van der Waals surface area contributed by atoms with Crippen LogP contribution in [0.5, 0.6) is 0 Å². The van der Waals surface area contributed by atoms with Gasteiger partial charge in [-0.05, 0) is 38.5 Å². The molecule has 10 heteroatoms. The third-order valence-corrected chi connectivity index (χ3v) is 13.5. The maximum atomic E-state index is 12.7. The molecule has 0 aliphatic carbocycles. The number of allylic oxidation sites excluding steroid dienone is 4. The van der Waals surface area contributed by atoms with Gasteiger partial charge in [-0.2, -0.15) is 0 Å². The second-order valence-electron chi connectivity index (χ2n) is 20.3. The molecule has 0 aliphatic heterocycles. The molecule has 0 saturated heterocycles. The summed E-state index contributed by atoms with van der Waals surface area (Å²) in [5.41, 5.74) is 0. The molecule has 9 nitrogen and oxygen atoms in total. The lowest BCUT2D eigenvalue weighted by Gasteiger charge is -2.24. The van der Waals surface area contributed by atoms with Crippen molar-refractivity contribution < 1.29 is 42.1 Å². The minimum atomic E-state index is -4.38. The average Bonchev–Trinajstić information content (AvgIpc) is 3.27. The minimum Gasteiger partial charge on any atom is -0.462 e. The summed E-state index contributed by atoms with van der Waals surface area (Å²) in [5.74, 6) is -0.801. The molecule has 0 aromatic carbocycles. The Balaban J connectivity index is 4.04. The molecule has 0 rings (SSSR count). The summed E-state index contributed by atoms with van der Waals surface area (Å²) in [6.45, 7) is 4.41. The molecule has 0 aliphatic rings. The van der Waals surface area contributed by atoms with Gasteiger partial charge in [-0.15, -0.1) is 0 Å². The van der Waals surface area contributed by atoms with Crippen molar-refractivity contribution in [2.24, 2.45) is 0 Å². The van der Waals surface area contributed by atoms with Crippen LogP contribution in [0.4, 0.5) is 0 Å². The van der Waals surface area contributed by atoms with Crippen LogP contribution in [0.1, 0.15) is 271 Å². The molecule has 0 aromatic rings. The first-order chi connectivity index (χ1) is 32.0. The molecule has 1 N–H and O–H groups in total. The zero-order chi connectivity index (χ0) is 48.5. The van der Waals surface area contributed by atoms with Gasteiger partial charge in [0.25, 0.3) is 0 Å². The van der Waals surface area contributed by atoms with Crippen molar-refractivity contribution in [3.63, 3.8) is 0 Å². The molecule has 0 saturated carbocycles. The third kappa shape index (κ3) is 51.9. The topological polar surface area (TPSA) is 108 Å². The van der Waals surface area contributed by atoms with Crippen molar-refractivity contribution in [3.8, 4) is 0 Å². The molecule has 0 heterocycles. The molecule has 2 unspecified atom stereocenters. The fraction of sp³-hybridized carbons (Fsp3) is 0.893. The average molecular weight is 955 g/mol. The predicted molar refractivity (Wildman–Crippen MR) is 280 cm³/mol. The quantitative estimate of drug-likeness (QED) is 0.0211. The monoisotopic (exact) mass is 955 g/mol. The van der Waals surface area contributed by atoms with Gasteiger partial charge >= 0.3 is 19.8 Å². The van der Waals surface area contributed by atoms with Crippen molar-refractivity contribution in [2.75, 3.05) is 47.5 Å². The molecule has 0 fully saturated rings. The Kier molecular flexibility index (Phi) is 47.4. The van der Waals surface area contributed by atoms with E-state index in [2.05, 4.69) is 38.2 Å². The molecular weight excluding hydrogens is 846 g/mol.